The summed E-state index contributed by atoms with van der Waals surface area (Å²) >= 11 is 1.59. The molecule has 0 unspecified atom stereocenters. The minimum Gasteiger partial charge on any atom is -0.446 e. The normalized spacial score (nSPS) is 26.5. The van der Waals surface area contributed by atoms with Crippen molar-refractivity contribution in [3.8, 4) is 10.4 Å². The fourth-order valence-electron chi connectivity index (χ4n) is 7.68. The number of likely N-dealkylation sites (tertiary alicyclic amines) is 1. The second-order valence-corrected chi connectivity index (χ2v) is 19.2. The molecule has 5 atom stereocenters. The number of nitrogens with one attached hydrogen (secondary N) is 3. The van der Waals surface area contributed by atoms with Gasteiger partial charge in [0, 0.05) is 19.4 Å². The molecule has 1 aliphatic heterocycles. The molecule has 6 rings (SSSR count). The Balaban J connectivity index is 1.32. The van der Waals surface area contributed by atoms with Crippen molar-refractivity contribution in [1.82, 2.24) is 25.2 Å². The van der Waals surface area contributed by atoms with E-state index in [1.165, 1.54) is 18.1 Å². The van der Waals surface area contributed by atoms with Gasteiger partial charge in [-0.2, -0.15) is 0 Å². The maximum absolute atomic E-state index is 14.7. The van der Waals surface area contributed by atoms with Gasteiger partial charge in [0.2, 0.25) is 21.8 Å². The number of rotatable bonds is 12. The topological polar surface area (TPSA) is 173 Å². The molecular weight excluding hydrogens is 719 g/mol. The van der Waals surface area contributed by atoms with Gasteiger partial charge < -0.3 is 25.0 Å². The van der Waals surface area contributed by atoms with Gasteiger partial charge in [0.15, 0.2) is 0 Å². The van der Waals surface area contributed by atoms with Gasteiger partial charge in [-0.3, -0.25) is 19.1 Å². The number of nitrogens with zero attached hydrogens (tertiary/aromatic N) is 2. The Morgan fingerprint density at radius 1 is 1.06 bits per heavy atom. The Hall–Kier alpha value is -3.82. The molecule has 288 valence electrons. The van der Waals surface area contributed by atoms with E-state index in [1.807, 2.05) is 58.9 Å². The predicted molar refractivity (Wildman–Crippen MR) is 200 cm³/mol. The van der Waals surface area contributed by atoms with Gasteiger partial charge in [-0.25, -0.2) is 18.2 Å². The Morgan fingerprint density at radius 2 is 1.72 bits per heavy atom. The number of benzene rings is 1. The van der Waals surface area contributed by atoms with Gasteiger partial charge in [-0.15, -0.1) is 17.9 Å². The molecule has 4 fully saturated rings. The first-order valence-electron chi connectivity index (χ1n) is 18.3. The highest BCUT2D eigenvalue weighted by molar-refractivity contribution is 7.91. The van der Waals surface area contributed by atoms with Crippen molar-refractivity contribution in [1.29, 1.82) is 0 Å². The van der Waals surface area contributed by atoms with Crippen LogP contribution in [0.5, 0.6) is 0 Å². The van der Waals surface area contributed by atoms with Crippen LogP contribution >= 0.6 is 11.3 Å². The summed E-state index contributed by atoms with van der Waals surface area (Å²) in [5.74, 6) is -2.50. The van der Waals surface area contributed by atoms with Crippen molar-refractivity contribution in [3.63, 3.8) is 0 Å². The fourth-order valence-corrected chi connectivity index (χ4v) is 9.97. The predicted octanol–water partition coefficient (Wildman–Crippen LogP) is 4.62. The molecule has 53 heavy (non-hydrogen) atoms. The highest BCUT2D eigenvalue weighted by atomic mass is 32.2. The number of carbonyl (C=O) groups excluding carboxylic acids is 4. The average molecular weight is 770 g/mol. The summed E-state index contributed by atoms with van der Waals surface area (Å²) in [5.41, 5.74) is -0.862. The first-order chi connectivity index (χ1) is 24.9. The van der Waals surface area contributed by atoms with Crippen molar-refractivity contribution >= 4 is 45.2 Å². The summed E-state index contributed by atoms with van der Waals surface area (Å²) in [6.45, 7) is 13.1. The van der Waals surface area contributed by atoms with E-state index >= 15 is 0 Å². The van der Waals surface area contributed by atoms with Gasteiger partial charge in [-0.1, -0.05) is 51.1 Å². The molecule has 0 spiro atoms. The number of thiazole rings is 1. The number of hydrogen-bond donors (Lipinski definition) is 3. The van der Waals surface area contributed by atoms with E-state index in [2.05, 4.69) is 26.9 Å². The van der Waals surface area contributed by atoms with E-state index in [0.717, 1.165) is 52.4 Å². The van der Waals surface area contributed by atoms with Gasteiger partial charge in [0.1, 0.15) is 29.3 Å². The number of amides is 4. The van der Waals surface area contributed by atoms with Gasteiger partial charge in [-0.05, 0) is 75.3 Å². The van der Waals surface area contributed by atoms with E-state index in [4.69, 9.17) is 9.47 Å². The molecule has 4 aliphatic rings. The summed E-state index contributed by atoms with van der Waals surface area (Å²) in [4.78, 5) is 63.0. The highest BCUT2D eigenvalue weighted by Gasteiger charge is 2.62. The van der Waals surface area contributed by atoms with Gasteiger partial charge in [0.25, 0.3) is 5.91 Å². The van der Waals surface area contributed by atoms with Crippen LogP contribution in [0.4, 0.5) is 4.79 Å². The van der Waals surface area contributed by atoms with E-state index in [1.54, 1.807) is 11.3 Å². The molecule has 1 saturated heterocycles. The largest absolute Gasteiger partial charge is 0.446 e. The van der Waals surface area contributed by atoms with Crippen molar-refractivity contribution < 1.29 is 37.1 Å². The van der Waals surface area contributed by atoms with Crippen molar-refractivity contribution in [2.75, 3.05) is 13.7 Å². The lowest BCUT2D eigenvalue weighted by molar-refractivity contribution is -0.143. The second-order valence-electron chi connectivity index (χ2n) is 16.0. The molecule has 15 heteroatoms. The molecule has 4 amide bonds. The number of hydrogen-bond acceptors (Lipinski definition) is 10. The third-order valence-electron chi connectivity index (χ3n) is 11.1. The van der Waals surface area contributed by atoms with Crippen LogP contribution < -0.4 is 15.4 Å². The zero-order valence-corrected chi connectivity index (χ0v) is 33.0. The number of aryl methyl sites for hydroxylation is 2. The number of ether oxygens (including phenoxy) is 2. The maximum atomic E-state index is 14.7. The molecule has 3 saturated carbocycles. The molecule has 3 aliphatic carbocycles. The molecule has 3 N–H and O–H groups in total. The van der Waals surface area contributed by atoms with Gasteiger partial charge in [0.05, 0.1) is 27.4 Å². The van der Waals surface area contributed by atoms with Crippen molar-refractivity contribution in [2.45, 2.75) is 121 Å². The Bertz CT molecular complexity index is 1880. The number of carbonyl (C=O) groups is 4. The highest BCUT2D eigenvalue weighted by Crippen LogP contribution is 2.47. The third kappa shape index (κ3) is 7.88. The molecule has 1 aromatic heterocycles. The number of aromatic nitrogens is 1. The number of alkyl carbamates (subject to hydrolysis) is 1. The van der Waals surface area contributed by atoms with Crippen LogP contribution in [0.2, 0.25) is 0 Å². The standard InChI is InChI=1S/C38H51N5O8S2/c1-8-25-19-38(25,34(46)42-53(48,49)28-17-18-28)41-32(44)29-20-37(50-7,26-15-13-24(14-16-26)30-22(2)39-23(3)52-30)21-43(29)33(45)31(36(4,5)6)40-35(47)51-27-11-9-10-12-27/h8,13-16,25,27-29,31H,1,9-12,17-21H2,2-7H3,(H,40,47)(H,41,44)(H,42,46)/t25-,29+,31-,37+,38-/m1/s1. The molecule has 13 nitrogen and oxygen atoms in total. The molecule has 2 heterocycles. The summed E-state index contributed by atoms with van der Waals surface area (Å²) in [6.07, 6.45) is 5.15. The fraction of sp³-hybridized carbons (Fsp3) is 0.605. The molecule has 0 bridgehead atoms. The molecular formula is C38H51N5O8S2. The first kappa shape index (κ1) is 38.9. The zero-order chi connectivity index (χ0) is 38.5. The minimum atomic E-state index is -3.90. The van der Waals surface area contributed by atoms with Crippen LogP contribution in [0.1, 0.15) is 88.4 Å². The molecule has 2 aromatic rings. The van der Waals surface area contributed by atoms with E-state index in [0.29, 0.717) is 12.8 Å². The quantitative estimate of drug-likeness (QED) is 0.261. The monoisotopic (exact) mass is 769 g/mol. The lowest BCUT2D eigenvalue weighted by Gasteiger charge is -2.36. The Morgan fingerprint density at radius 3 is 2.25 bits per heavy atom. The first-order valence-corrected chi connectivity index (χ1v) is 20.7. The van der Waals surface area contributed by atoms with E-state index < -0.39 is 73.6 Å². The minimum absolute atomic E-state index is 0.0271. The third-order valence-corrected chi connectivity index (χ3v) is 14.0. The lowest BCUT2D eigenvalue weighted by atomic mass is 9.85. The van der Waals surface area contributed by atoms with Crippen LogP contribution in [0.25, 0.3) is 10.4 Å². The smallest absolute Gasteiger partial charge is 0.408 e. The van der Waals surface area contributed by atoms with E-state index in [9.17, 15) is 27.6 Å². The van der Waals surface area contributed by atoms with E-state index in [-0.39, 0.29) is 25.5 Å². The summed E-state index contributed by atoms with van der Waals surface area (Å²) in [5, 5.41) is 5.96. The number of sulfonamides is 1. The van der Waals surface area contributed by atoms with Crippen LogP contribution in [0, 0.1) is 25.2 Å². The van der Waals surface area contributed by atoms with Crippen LogP contribution in [0.3, 0.4) is 0 Å². The average Bonchev–Trinajstić information content (AvgIpc) is 3.94. The lowest BCUT2D eigenvalue weighted by Crippen LogP contribution is -2.60. The molecule has 0 radical (unpaired) electrons. The SMILES string of the molecule is C=C[C@@H]1C[C@]1(NC(=O)[C@@H]1C[C@@](OC)(c2ccc(-c3sc(C)nc3C)cc2)CN1C(=O)[C@@H](NC(=O)OC1CCCC1)C(C)(C)C)C(=O)NS(=O)(=O)C1CC1. The van der Waals surface area contributed by atoms with Gasteiger partial charge >= 0.3 is 6.09 Å². The van der Waals surface area contributed by atoms with Crippen molar-refractivity contribution in [3.05, 3.63) is 53.2 Å². The second kappa shape index (κ2) is 14.4. The number of methoxy groups -OCH3 is 1. The molecule has 1 aromatic carbocycles. The maximum Gasteiger partial charge on any atom is 0.408 e. The zero-order valence-electron chi connectivity index (χ0n) is 31.3. The van der Waals surface area contributed by atoms with Crippen LogP contribution in [-0.2, 0) is 39.5 Å². The van der Waals surface area contributed by atoms with Crippen LogP contribution in [-0.4, -0.2) is 84.7 Å². The Labute approximate surface area is 315 Å². The summed E-state index contributed by atoms with van der Waals surface area (Å²) in [6, 6.07) is 5.53. The summed E-state index contributed by atoms with van der Waals surface area (Å²) < 4.78 is 39.6. The van der Waals surface area contributed by atoms with Crippen LogP contribution in [0.15, 0.2) is 36.9 Å². The van der Waals surface area contributed by atoms with Crippen molar-refractivity contribution in [2.24, 2.45) is 11.3 Å². The summed E-state index contributed by atoms with van der Waals surface area (Å²) in [7, 11) is -2.37. The Kier molecular flexibility index (Phi) is 10.6.